The minimum Gasteiger partial charge on any atom is -0.296 e. The second-order valence-electron chi connectivity index (χ2n) is 3.02. The lowest BCUT2D eigenvalue weighted by Crippen LogP contribution is -2.30. The van der Waals surface area contributed by atoms with E-state index < -0.39 is 23.0 Å². The number of sulfonamides is 1. The van der Waals surface area contributed by atoms with Crippen LogP contribution < -0.4 is 4.49 Å². The predicted octanol–water partition coefficient (Wildman–Crippen LogP) is 1.50. The molecule has 92 valence electrons. The maximum absolute atomic E-state index is 11.8. The summed E-state index contributed by atoms with van der Waals surface area (Å²) in [6.45, 7) is 6.38. The van der Waals surface area contributed by atoms with Gasteiger partial charge in [-0.15, -0.1) is 4.49 Å². The molecule has 1 N–H and O–H groups in total. The molecule has 0 aliphatic heterocycles. The third-order valence-corrected chi connectivity index (χ3v) is 5.81. The Bertz CT molecular complexity index is 316. The normalized spacial score (nSPS) is 13.4. The van der Waals surface area contributed by atoms with Gasteiger partial charge in [0.2, 0.25) is 10.0 Å². The summed E-state index contributed by atoms with van der Waals surface area (Å²) in [4.78, 5) is 0. The fraction of sp³-hybridized carbons (Fsp3) is 1.00. The smallest absolute Gasteiger partial charge is 0.296 e. The average Bonchev–Trinajstić information content (AvgIpc) is 2.02. The molecule has 6 nitrogen and oxygen atoms in total. The van der Waals surface area contributed by atoms with Crippen molar-refractivity contribution in [3.05, 3.63) is 0 Å². The molecule has 0 aliphatic rings. The summed E-state index contributed by atoms with van der Waals surface area (Å²) in [6.07, 6.45) is 0. The third-order valence-electron chi connectivity index (χ3n) is 1.46. The van der Waals surface area contributed by atoms with Gasteiger partial charge in [-0.25, -0.2) is 13.0 Å². The summed E-state index contributed by atoms with van der Waals surface area (Å²) in [5.41, 5.74) is 0. The SMILES string of the molecule is CCOP(=O)(NS(=O)(=O)C(C)C)OCC. The molecule has 0 saturated heterocycles. The minimum absolute atomic E-state index is 0.109. The first-order valence-electron chi connectivity index (χ1n) is 4.69. The summed E-state index contributed by atoms with van der Waals surface area (Å²) in [5, 5.41) is -0.688. The standard InChI is InChI=1S/C7H18NO5PS/c1-5-12-14(9,13-6-2)8-15(10,11)7(3)4/h7H,5-6H2,1-4H3,(H,8,9). The van der Waals surface area contributed by atoms with Gasteiger partial charge in [0.15, 0.2) is 0 Å². The molecule has 0 aromatic rings. The molecule has 0 radical (unpaired) electrons. The lowest BCUT2D eigenvalue weighted by molar-refractivity contribution is 0.217. The van der Waals surface area contributed by atoms with Crippen molar-refractivity contribution in [1.29, 1.82) is 0 Å². The molecule has 0 spiro atoms. The monoisotopic (exact) mass is 259 g/mol. The summed E-state index contributed by atoms with van der Waals surface area (Å²) < 4.78 is 46.3. The van der Waals surface area contributed by atoms with E-state index in [2.05, 4.69) is 0 Å². The van der Waals surface area contributed by atoms with E-state index in [0.717, 1.165) is 0 Å². The number of hydrogen-bond acceptors (Lipinski definition) is 5. The Balaban J connectivity index is 4.77. The van der Waals surface area contributed by atoms with E-state index in [0.29, 0.717) is 0 Å². The van der Waals surface area contributed by atoms with Gasteiger partial charge in [0, 0.05) is 0 Å². The van der Waals surface area contributed by atoms with Gasteiger partial charge >= 0.3 is 7.75 Å². The Labute approximate surface area is 91.0 Å². The first-order chi connectivity index (χ1) is 6.77. The molecule has 0 amide bonds. The summed E-state index contributed by atoms with van der Waals surface area (Å²) >= 11 is 0. The van der Waals surface area contributed by atoms with Crippen LogP contribution in [0.5, 0.6) is 0 Å². The Morgan fingerprint density at radius 2 is 1.60 bits per heavy atom. The van der Waals surface area contributed by atoms with Gasteiger partial charge in [0.25, 0.3) is 0 Å². The highest BCUT2D eigenvalue weighted by atomic mass is 32.2. The van der Waals surface area contributed by atoms with Crippen LogP contribution >= 0.6 is 7.75 Å². The predicted molar refractivity (Wildman–Crippen MR) is 58.1 cm³/mol. The second-order valence-corrected chi connectivity index (χ2v) is 7.29. The number of hydrogen-bond donors (Lipinski definition) is 1. The molecular weight excluding hydrogens is 241 g/mol. The van der Waals surface area contributed by atoms with Gasteiger partial charge in [-0.1, -0.05) is 0 Å². The Kier molecular flexibility index (Phi) is 5.98. The van der Waals surface area contributed by atoms with E-state index in [1.807, 2.05) is 4.49 Å². The highest BCUT2D eigenvalue weighted by Crippen LogP contribution is 2.44. The van der Waals surface area contributed by atoms with E-state index in [1.54, 1.807) is 13.8 Å². The van der Waals surface area contributed by atoms with Crippen LogP contribution in [0.3, 0.4) is 0 Å². The molecule has 0 bridgehead atoms. The molecule has 0 heterocycles. The zero-order valence-corrected chi connectivity index (χ0v) is 11.1. The molecule has 0 fully saturated rings. The summed E-state index contributed by atoms with van der Waals surface area (Å²) in [6, 6.07) is 0. The van der Waals surface area contributed by atoms with Crippen molar-refractivity contribution in [1.82, 2.24) is 4.49 Å². The van der Waals surface area contributed by atoms with Crippen LogP contribution in [0.2, 0.25) is 0 Å². The summed E-state index contributed by atoms with van der Waals surface area (Å²) in [7, 11) is -7.40. The van der Waals surface area contributed by atoms with E-state index in [1.165, 1.54) is 13.8 Å². The van der Waals surface area contributed by atoms with Gasteiger partial charge in [0.05, 0.1) is 18.5 Å². The van der Waals surface area contributed by atoms with E-state index >= 15 is 0 Å². The minimum atomic E-state index is -3.73. The Morgan fingerprint density at radius 3 is 1.87 bits per heavy atom. The lowest BCUT2D eigenvalue weighted by Gasteiger charge is -2.18. The van der Waals surface area contributed by atoms with Crippen LogP contribution in [0.25, 0.3) is 0 Å². The van der Waals surface area contributed by atoms with Crippen LogP contribution in [-0.4, -0.2) is 26.9 Å². The third kappa shape index (κ3) is 5.08. The van der Waals surface area contributed by atoms with Gasteiger partial charge < -0.3 is 0 Å². The average molecular weight is 259 g/mol. The molecule has 15 heavy (non-hydrogen) atoms. The van der Waals surface area contributed by atoms with Crippen LogP contribution in [0.1, 0.15) is 27.7 Å². The molecule has 8 heteroatoms. The first-order valence-corrected chi connectivity index (χ1v) is 7.78. The Morgan fingerprint density at radius 1 is 1.20 bits per heavy atom. The molecule has 0 atom stereocenters. The van der Waals surface area contributed by atoms with Gasteiger partial charge in [-0.2, -0.15) is 0 Å². The van der Waals surface area contributed by atoms with Crippen molar-refractivity contribution < 1.29 is 22.0 Å². The number of nitrogens with one attached hydrogen (secondary N) is 1. The molecular formula is C7H18NO5PS. The van der Waals surface area contributed by atoms with Crippen molar-refractivity contribution in [2.24, 2.45) is 0 Å². The van der Waals surface area contributed by atoms with Crippen molar-refractivity contribution in [3.63, 3.8) is 0 Å². The molecule has 0 aliphatic carbocycles. The highest BCUT2D eigenvalue weighted by molar-refractivity contribution is 7.95. The van der Waals surface area contributed by atoms with Gasteiger partial charge in [-0.3, -0.25) is 9.05 Å². The van der Waals surface area contributed by atoms with Crippen molar-refractivity contribution >= 4 is 17.8 Å². The molecule has 0 aromatic carbocycles. The van der Waals surface area contributed by atoms with Crippen LogP contribution in [0.4, 0.5) is 0 Å². The number of rotatable bonds is 7. The Hall–Kier alpha value is 0.0600. The molecule has 0 rings (SSSR count). The van der Waals surface area contributed by atoms with Crippen molar-refractivity contribution in [2.45, 2.75) is 32.9 Å². The maximum atomic E-state index is 11.8. The second kappa shape index (κ2) is 5.96. The fourth-order valence-corrected chi connectivity index (χ4v) is 3.96. The van der Waals surface area contributed by atoms with Crippen molar-refractivity contribution in [2.75, 3.05) is 13.2 Å². The van der Waals surface area contributed by atoms with Crippen LogP contribution in [0, 0.1) is 0 Å². The van der Waals surface area contributed by atoms with Gasteiger partial charge in [0.1, 0.15) is 0 Å². The zero-order valence-electron chi connectivity index (χ0n) is 9.39. The largest absolute Gasteiger partial charge is 0.418 e. The molecule has 0 saturated carbocycles. The van der Waals surface area contributed by atoms with Gasteiger partial charge in [-0.05, 0) is 27.7 Å². The highest BCUT2D eigenvalue weighted by Gasteiger charge is 2.31. The molecule has 0 unspecified atom stereocenters. The first kappa shape index (κ1) is 15.1. The maximum Gasteiger partial charge on any atom is 0.418 e. The topological polar surface area (TPSA) is 81.7 Å². The van der Waals surface area contributed by atoms with E-state index in [9.17, 15) is 13.0 Å². The van der Waals surface area contributed by atoms with Crippen LogP contribution in [-0.2, 0) is 23.6 Å². The summed E-state index contributed by atoms with van der Waals surface area (Å²) in [5.74, 6) is 0. The zero-order chi connectivity index (χ0) is 12.1. The van der Waals surface area contributed by atoms with E-state index in [4.69, 9.17) is 9.05 Å². The fourth-order valence-electron chi connectivity index (χ4n) is 0.691. The van der Waals surface area contributed by atoms with Crippen molar-refractivity contribution in [3.8, 4) is 0 Å². The van der Waals surface area contributed by atoms with E-state index in [-0.39, 0.29) is 13.2 Å². The molecule has 0 aromatic heterocycles. The lowest BCUT2D eigenvalue weighted by atomic mass is 10.6. The van der Waals surface area contributed by atoms with Crippen LogP contribution in [0.15, 0.2) is 0 Å². The quantitative estimate of drug-likeness (QED) is 0.700.